The molecule has 0 radical (unpaired) electrons. The second-order valence-corrected chi connectivity index (χ2v) is 6.53. The number of unbranched alkanes of at least 4 members (excludes halogenated alkanes) is 2. The lowest BCUT2D eigenvalue weighted by molar-refractivity contribution is -0.297. The SMILES string of the molecule is CCCCCC1CCC(c2ccc(/C=C/C(=O)[O-])cc2)CC1. The summed E-state index contributed by atoms with van der Waals surface area (Å²) in [5, 5.41) is 10.4. The Hall–Kier alpha value is -1.57. The van der Waals surface area contributed by atoms with Crippen molar-refractivity contribution in [1.29, 1.82) is 0 Å². The number of benzene rings is 1. The second kappa shape index (κ2) is 8.77. The van der Waals surface area contributed by atoms with E-state index < -0.39 is 5.97 Å². The molecule has 1 aromatic rings. The third-order valence-corrected chi connectivity index (χ3v) is 4.88. The summed E-state index contributed by atoms with van der Waals surface area (Å²) in [6.07, 6.45) is 13.5. The highest BCUT2D eigenvalue weighted by atomic mass is 16.4. The van der Waals surface area contributed by atoms with Gasteiger partial charge in [-0.2, -0.15) is 0 Å². The minimum atomic E-state index is -1.15. The summed E-state index contributed by atoms with van der Waals surface area (Å²) in [6, 6.07) is 8.30. The van der Waals surface area contributed by atoms with E-state index in [9.17, 15) is 9.90 Å². The zero-order valence-corrected chi connectivity index (χ0v) is 13.6. The maximum Gasteiger partial charge on any atom is 0.0643 e. The molecule has 0 bridgehead atoms. The van der Waals surface area contributed by atoms with E-state index in [-0.39, 0.29) is 0 Å². The van der Waals surface area contributed by atoms with E-state index in [2.05, 4.69) is 19.1 Å². The van der Waals surface area contributed by atoms with Crippen LogP contribution in [-0.4, -0.2) is 5.97 Å². The molecule has 2 nitrogen and oxygen atoms in total. The molecule has 0 aromatic heterocycles. The van der Waals surface area contributed by atoms with E-state index >= 15 is 0 Å². The first-order chi connectivity index (χ1) is 10.7. The van der Waals surface area contributed by atoms with Crippen molar-refractivity contribution >= 4 is 12.0 Å². The maximum atomic E-state index is 10.4. The van der Waals surface area contributed by atoms with Gasteiger partial charge in [-0.05, 0) is 54.7 Å². The molecule has 120 valence electrons. The third-order valence-electron chi connectivity index (χ3n) is 4.88. The lowest BCUT2D eigenvalue weighted by atomic mass is 9.77. The first-order valence-electron chi connectivity index (χ1n) is 8.68. The van der Waals surface area contributed by atoms with Gasteiger partial charge in [0.1, 0.15) is 0 Å². The largest absolute Gasteiger partial charge is 0.545 e. The molecule has 0 aliphatic heterocycles. The number of carboxylic acids is 1. The highest BCUT2D eigenvalue weighted by molar-refractivity contribution is 5.83. The maximum absolute atomic E-state index is 10.4. The van der Waals surface area contributed by atoms with Gasteiger partial charge in [-0.3, -0.25) is 0 Å². The molecule has 22 heavy (non-hydrogen) atoms. The van der Waals surface area contributed by atoms with Gasteiger partial charge in [0.25, 0.3) is 0 Å². The van der Waals surface area contributed by atoms with Gasteiger partial charge in [0, 0.05) is 0 Å². The van der Waals surface area contributed by atoms with Crippen LogP contribution in [0.2, 0.25) is 0 Å². The van der Waals surface area contributed by atoms with Gasteiger partial charge in [0.05, 0.1) is 5.97 Å². The number of carbonyl (C=O) groups excluding carboxylic acids is 1. The van der Waals surface area contributed by atoms with Gasteiger partial charge in [0.15, 0.2) is 0 Å². The van der Waals surface area contributed by atoms with E-state index in [1.54, 1.807) is 6.08 Å². The molecule has 0 saturated heterocycles. The Bertz CT molecular complexity index is 479. The molecule has 0 N–H and O–H groups in total. The Balaban J connectivity index is 1.82. The van der Waals surface area contributed by atoms with Crippen LogP contribution in [-0.2, 0) is 4.79 Å². The van der Waals surface area contributed by atoms with E-state index in [1.807, 2.05) is 12.1 Å². The lowest BCUT2D eigenvalue weighted by Gasteiger charge is -2.29. The normalized spacial score (nSPS) is 22.0. The molecule has 1 fully saturated rings. The topological polar surface area (TPSA) is 40.1 Å². The standard InChI is InChI=1S/C20H28O2/c1-2-3-4-5-16-6-11-18(12-7-16)19-13-8-17(9-14-19)10-15-20(21)22/h8-10,13-16,18H,2-7,11-12H2,1H3,(H,21,22)/p-1/b15-10+. The van der Waals surface area contributed by atoms with Crippen LogP contribution < -0.4 is 5.11 Å². The highest BCUT2D eigenvalue weighted by Crippen LogP contribution is 2.37. The van der Waals surface area contributed by atoms with Crippen LogP contribution in [0.5, 0.6) is 0 Å². The van der Waals surface area contributed by atoms with E-state index in [4.69, 9.17) is 0 Å². The summed E-state index contributed by atoms with van der Waals surface area (Å²) in [5.74, 6) is 0.472. The fourth-order valence-corrected chi connectivity index (χ4v) is 3.51. The fraction of sp³-hybridized carbons (Fsp3) is 0.550. The number of hydrogen-bond acceptors (Lipinski definition) is 2. The summed E-state index contributed by atoms with van der Waals surface area (Å²) in [4.78, 5) is 10.4. The van der Waals surface area contributed by atoms with Crippen molar-refractivity contribution in [2.24, 2.45) is 5.92 Å². The predicted molar refractivity (Wildman–Crippen MR) is 89.3 cm³/mol. The quantitative estimate of drug-likeness (QED) is 0.556. The van der Waals surface area contributed by atoms with Crippen molar-refractivity contribution < 1.29 is 9.90 Å². The molecular formula is C20H27O2-. The number of carboxylic acid groups (broad SMARTS) is 1. The van der Waals surface area contributed by atoms with Gasteiger partial charge in [-0.25, -0.2) is 0 Å². The smallest absolute Gasteiger partial charge is 0.0643 e. The van der Waals surface area contributed by atoms with Crippen LogP contribution in [0.1, 0.15) is 75.3 Å². The Labute approximate surface area is 134 Å². The number of carbonyl (C=O) groups is 1. The highest BCUT2D eigenvalue weighted by Gasteiger charge is 2.21. The van der Waals surface area contributed by atoms with Crippen molar-refractivity contribution in [3.8, 4) is 0 Å². The average molecular weight is 299 g/mol. The van der Waals surface area contributed by atoms with Crippen LogP contribution >= 0.6 is 0 Å². The summed E-state index contributed by atoms with van der Waals surface area (Å²) in [5.41, 5.74) is 2.32. The first kappa shape index (κ1) is 16.8. The lowest BCUT2D eigenvalue weighted by Crippen LogP contribution is -2.18. The monoisotopic (exact) mass is 299 g/mol. The van der Waals surface area contributed by atoms with Crippen molar-refractivity contribution in [3.63, 3.8) is 0 Å². The summed E-state index contributed by atoms with van der Waals surface area (Å²) in [7, 11) is 0. The van der Waals surface area contributed by atoms with Crippen LogP contribution in [0.15, 0.2) is 30.3 Å². The third kappa shape index (κ3) is 5.32. The van der Waals surface area contributed by atoms with Crippen LogP contribution in [0, 0.1) is 5.92 Å². The Kier molecular flexibility index (Phi) is 6.70. The van der Waals surface area contributed by atoms with Crippen molar-refractivity contribution in [1.82, 2.24) is 0 Å². The summed E-state index contributed by atoms with van der Waals surface area (Å²) in [6.45, 7) is 2.27. The molecule has 0 amide bonds. The zero-order valence-electron chi connectivity index (χ0n) is 13.6. The molecule has 0 unspecified atom stereocenters. The van der Waals surface area contributed by atoms with Gasteiger partial charge in [-0.1, -0.05) is 62.9 Å². The Morgan fingerprint density at radius 2 is 1.82 bits per heavy atom. The average Bonchev–Trinajstić information content (AvgIpc) is 2.54. The molecule has 1 aromatic carbocycles. The Morgan fingerprint density at radius 1 is 1.14 bits per heavy atom. The fourth-order valence-electron chi connectivity index (χ4n) is 3.51. The first-order valence-corrected chi connectivity index (χ1v) is 8.68. The number of rotatable bonds is 7. The summed E-state index contributed by atoms with van der Waals surface area (Å²) >= 11 is 0. The predicted octanol–water partition coefficient (Wildman–Crippen LogP) is 4.30. The Morgan fingerprint density at radius 3 is 2.41 bits per heavy atom. The van der Waals surface area contributed by atoms with E-state index in [0.29, 0.717) is 5.92 Å². The molecule has 1 aliphatic carbocycles. The minimum Gasteiger partial charge on any atom is -0.545 e. The molecule has 2 rings (SSSR count). The molecule has 0 spiro atoms. The van der Waals surface area contributed by atoms with Crippen molar-refractivity contribution in [2.45, 2.75) is 64.2 Å². The van der Waals surface area contributed by atoms with Gasteiger partial charge < -0.3 is 9.90 Å². The molecule has 2 heteroatoms. The number of hydrogen-bond donors (Lipinski definition) is 0. The second-order valence-electron chi connectivity index (χ2n) is 6.53. The molecule has 0 heterocycles. The molecule has 1 aliphatic rings. The van der Waals surface area contributed by atoms with Crippen LogP contribution in [0.3, 0.4) is 0 Å². The van der Waals surface area contributed by atoms with Gasteiger partial charge in [0.2, 0.25) is 0 Å². The van der Waals surface area contributed by atoms with Crippen LogP contribution in [0.25, 0.3) is 6.08 Å². The molecule has 1 saturated carbocycles. The summed E-state index contributed by atoms with van der Waals surface area (Å²) < 4.78 is 0. The molecular weight excluding hydrogens is 272 g/mol. The zero-order chi connectivity index (χ0) is 15.8. The van der Waals surface area contributed by atoms with E-state index in [1.165, 1.54) is 56.9 Å². The minimum absolute atomic E-state index is 0.682. The number of aliphatic carboxylic acids is 1. The van der Waals surface area contributed by atoms with Gasteiger partial charge >= 0.3 is 0 Å². The van der Waals surface area contributed by atoms with Gasteiger partial charge in [-0.15, -0.1) is 0 Å². The van der Waals surface area contributed by atoms with Crippen LogP contribution in [0.4, 0.5) is 0 Å². The van der Waals surface area contributed by atoms with Crippen molar-refractivity contribution in [2.75, 3.05) is 0 Å². The molecule has 0 atom stereocenters. The van der Waals surface area contributed by atoms with E-state index in [0.717, 1.165) is 17.6 Å². The van der Waals surface area contributed by atoms with Crippen molar-refractivity contribution in [3.05, 3.63) is 41.5 Å².